The summed E-state index contributed by atoms with van der Waals surface area (Å²) in [6, 6.07) is 15.8. The van der Waals surface area contributed by atoms with Gasteiger partial charge in [-0.15, -0.1) is 0 Å². The molecule has 0 aliphatic heterocycles. The van der Waals surface area contributed by atoms with Crippen molar-refractivity contribution < 1.29 is 24.2 Å². The van der Waals surface area contributed by atoms with Crippen LogP contribution in [0.15, 0.2) is 48.5 Å². The summed E-state index contributed by atoms with van der Waals surface area (Å²) < 4.78 is 5.70. The van der Waals surface area contributed by atoms with E-state index >= 15 is 0 Å². The lowest BCUT2D eigenvalue weighted by molar-refractivity contribution is -0.146. The number of carbonyl (C=O) groups excluding carboxylic acids is 2. The molecule has 1 fully saturated rings. The third kappa shape index (κ3) is 5.50. The molecule has 2 unspecified atom stereocenters. The zero-order chi connectivity index (χ0) is 24.9. The molecule has 7 heteroatoms. The first-order chi connectivity index (χ1) is 16.9. The van der Waals surface area contributed by atoms with E-state index in [4.69, 9.17) is 4.74 Å². The van der Waals surface area contributed by atoms with E-state index in [0.29, 0.717) is 6.42 Å². The summed E-state index contributed by atoms with van der Waals surface area (Å²) in [5.41, 5.74) is 4.62. The number of benzene rings is 2. The van der Waals surface area contributed by atoms with Gasteiger partial charge in [0.1, 0.15) is 13.2 Å². The number of hydrogen-bond acceptors (Lipinski definition) is 4. The van der Waals surface area contributed by atoms with E-state index in [1.165, 1.54) is 16.0 Å². The van der Waals surface area contributed by atoms with Crippen molar-refractivity contribution in [2.45, 2.75) is 64.0 Å². The van der Waals surface area contributed by atoms with E-state index in [9.17, 15) is 19.5 Å². The van der Waals surface area contributed by atoms with Crippen molar-refractivity contribution in [3.63, 3.8) is 0 Å². The minimum atomic E-state index is -1.04. The Hall–Kier alpha value is -3.35. The van der Waals surface area contributed by atoms with Gasteiger partial charge in [0.2, 0.25) is 5.91 Å². The minimum Gasteiger partial charge on any atom is -0.480 e. The highest BCUT2D eigenvalue weighted by atomic mass is 16.5. The second-order valence-electron chi connectivity index (χ2n) is 9.64. The van der Waals surface area contributed by atoms with E-state index in [2.05, 4.69) is 29.6 Å². The summed E-state index contributed by atoms with van der Waals surface area (Å²) in [4.78, 5) is 38.6. The molecular formula is C28H34N2O5. The van der Waals surface area contributed by atoms with Crippen molar-refractivity contribution in [1.82, 2.24) is 10.2 Å². The molecule has 1 saturated carbocycles. The number of nitrogens with one attached hydrogen (secondary N) is 1. The van der Waals surface area contributed by atoms with Gasteiger partial charge in [-0.05, 0) is 54.4 Å². The Labute approximate surface area is 206 Å². The van der Waals surface area contributed by atoms with Gasteiger partial charge in [0, 0.05) is 24.4 Å². The molecule has 0 heterocycles. The van der Waals surface area contributed by atoms with Crippen LogP contribution >= 0.6 is 0 Å². The van der Waals surface area contributed by atoms with E-state index in [1.54, 1.807) is 0 Å². The molecule has 2 aromatic carbocycles. The van der Waals surface area contributed by atoms with Crippen molar-refractivity contribution in [1.29, 1.82) is 0 Å². The number of nitrogens with zero attached hydrogens (tertiary/aromatic N) is 1. The largest absolute Gasteiger partial charge is 0.480 e. The summed E-state index contributed by atoms with van der Waals surface area (Å²) in [6.45, 7) is 3.64. The fourth-order valence-electron chi connectivity index (χ4n) is 5.13. The van der Waals surface area contributed by atoms with Crippen molar-refractivity contribution in [3.05, 3.63) is 59.7 Å². The van der Waals surface area contributed by atoms with Crippen LogP contribution < -0.4 is 5.32 Å². The first kappa shape index (κ1) is 24.8. The zero-order valence-electron chi connectivity index (χ0n) is 20.4. The third-order valence-electron chi connectivity index (χ3n) is 7.51. The number of hydrogen-bond donors (Lipinski definition) is 2. The maximum Gasteiger partial charge on any atom is 0.407 e. The van der Waals surface area contributed by atoms with Gasteiger partial charge in [0.05, 0.1) is 0 Å². The van der Waals surface area contributed by atoms with Crippen LogP contribution in [0.4, 0.5) is 4.79 Å². The van der Waals surface area contributed by atoms with Gasteiger partial charge in [-0.1, -0.05) is 61.9 Å². The van der Waals surface area contributed by atoms with Crippen molar-refractivity contribution in [3.8, 4) is 11.1 Å². The van der Waals surface area contributed by atoms with E-state index < -0.39 is 12.1 Å². The van der Waals surface area contributed by atoms with E-state index in [1.807, 2.05) is 38.1 Å². The Balaban J connectivity index is 1.41. The maximum atomic E-state index is 13.0. The second kappa shape index (κ2) is 10.9. The SMILES string of the molecule is CCC(C)N(CC(=O)O)C(=O)CC(NC(=O)OCC1c2ccccc2-c2ccccc21)C1CCC1. The fraction of sp³-hybridized carbons (Fsp3) is 0.464. The number of amides is 2. The molecule has 35 heavy (non-hydrogen) atoms. The van der Waals surface area contributed by atoms with Gasteiger partial charge < -0.3 is 20.1 Å². The number of carboxylic acids is 1. The predicted octanol–water partition coefficient (Wildman–Crippen LogP) is 4.80. The highest BCUT2D eigenvalue weighted by Crippen LogP contribution is 2.44. The molecule has 4 rings (SSSR count). The van der Waals surface area contributed by atoms with Crippen LogP contribution in [0.3, 0.4) is 0 Å². The Morgan fingerprint density at radius 1 is 1.06 bits per heavy atom. The number of fused-ring (bicyclic) bond motifs is 3. The Bertz CT molecular complexity index is 1040. The standard InChI is InChI=1S/C28H34N2O5/c1-3-18(2)30(16-27(32)33)26(31)15-25(19-9-8-10-19)29-28(34)35-17-24-22-13-6-4-11-20(22)21-12-5-7-14-23(21)24/h4-7,11-14,18-19,24-25H,3,8-10,15-17H2,1-2H3,(H,29,34)(H,32,33). The summed E-state index contributed by atoms with van der Waals surface area (Å²) in [6.07, 6.45) is 3.13. The van der Waals surface area contributed by atoms with Crippen LogP contribution in [-0.2, 0) is 14.3 Å². The van der Waals surface area contributed by atoms with Crippen LogP contribution in [-0.4, -0.2) is 53.2 Å². The summed E-state index contributed by atoms with van der Waals surface area (Å²) in [7, 11) is 0. The van der Waals surface area contributed by atoms with Gasteiger partial charge in [0.25, 0.3) is 0 Å². The van der Waals surface area contributed by atoms with Gasteiger partial charge in [0.15, 0.2) is 0 Å². The molecule has 2 aromatic rings. The van der Waals surface area contributed by atoms with Gasteiger partial charge >= 0.3 is 12.1 Å². The smallest absolute Gasteiger partial charge is 0.407 e. The lowest BCUT2D eigenvalue weighted by Crippen LogP contribution is -2.49. The number of aliphatic carboxylic acids is 1. The monoisotopic (exact) mass is 478 g/mol. The van der Waals surface area contributed by atoms with Crippen LogP contribution in [0, 0.1) is 5.92 Å². The second-order valence-corrected chi connectivity index (χ2v) is 9.64. The Morgan fingerprint density at radius 2 is 1.66 bits per heavy atom. The van der Waals surface area contributed by atoms with Crippen molar-refractivity contribution in [2.24, 2.45) is 5.92 Å². The number of carbonyl (C=O) groups is 3. The summed E-state index contributed by atoms with van der Waals surface area (Å²) >= 11 is 0. The first-order valence-corrected chi connectivity index (χ1v) is 12.5. The van der Waals surface area contributed by atoms with Gasteiger partial charge in [-0.3, -0.25) is 9.59 Å². The third-order valence-corrected chi connectivity index (χ3v) is 7.51. The minimum absolute atomic E-state index is 0.0339. The number of ether oxygens (including phenoxy) is 1. The lowest BCUT2D eigenvalue weighted by Gasteiger charge is -2.36. The fourth-order valence-corrected chi connectivity index (χ4v) is 5.13. The molecule has 2 aliphatic rings. The van der Waals surface area contributed by atoms with Crippen LogP contribution in [0.1, 0.15) is 63.0 Å². The average molecular weight is 479 g/mol. The highest BCUT2D eigenvalue weighted by Gasteiger charge is 2.34. The van der Waals surface area contributed by atoms with Gasteiger partial charge in [-0.2, -0.15) is 0 Å². The summed E-state index contributed by atoms with van der Waals surface area (Å²) in [5.74, 6) is -1.13. The van der Waals surface area contributed by atoms with E-state index in [-0.39, 0.29) is 49.4 Å². The molecule has 186 valence electrons. The highest BCUT2D eigenvalue weighted by molar-refractivity contribution is 5.83. The van der Waals surface area contributed by atoms with Crippen molar-refractivity contribution in [2.75, 3.05) is 13.2 Å². The van der Waals surface area contributed by atoms with Crippen molar-refractivity contribution >= 4 is 18.0 Å². The molecule has 0 radical (unpaired) electrons. The van der Waals surface area contributed by atoms with Gasteiger partial charge in [-0.25, -0.2) is 4.79 Å². The van der Waals surface area contributed by atoms with Crippen LogP contribution in [0.2, 0.25) is 0 Å². The first-order valence-electron chi connectivity index (χ1n) is 12.5. The molecular weight excluding hydrogens is 444 g/mol. The topological polar surface area (TPSA) is 95.9 Å². The Kier molecular flexibility index (Phi) is 7.73. The normalized spacial score (nSPS) is 16.4. The molecule has 2 atom stereocenters. The molecule has 2 N–H and O–H groups in total. The predicted molar refractivity (Wildman–Crippen MR) is 133 cm³/mol. The molecule has 2 aliphatic carbocycles. The van der Waals surface area contributed by atoms with Crippen LogP contribution in [0.25, 0.3) is 11.1 Å². The maximum absolute atomic E-state index is 13.0. The summed E-state index contributed by atoms with van der Waals surface area (Å²) in [5, 5.41) is 12.2. The lowest BCUT2D eigenvalue weighted by atomic mass is 9.78. The number of carboxylic acid groups (broad SMARTS) is 1. The molecule has 0 aromatic heterocycles. The van der Waals surface area contributed by atoms with E-state index in [0.717, 1.165) is 30.4 Å². The average Bonchev–Trinajstić information content (AvgIpc) is 3.13. The Morgan fingerprint density at radius 3 is 2.17 bits per heavy atom. The molecule has 2 amide bonds. The number of alkyl carbamates (subject to hydrolysis) is 1. The number of rotatable bonds is 10. The quantitative estimate of drug-likeness (QED) is 0.512. The molecule has 0 bridgehead atoms. The molecule has 0 saturated heterocycles. The molecule has 0 spiro atoms. The zero-order valence-corrected chi connectivity index (χ0v) is 20.4. The van der Waals surface area contributed by atoms with Crippen LogP contribution in [0.5, 0.6) is 0 Å². The molecule has 7 nitrogen and oxygen atoms in total.